The third-order valence-corrected chi connectivity index (χ3v) is 6.01. The molecule has 122 valence electrons. The average Bonchev–Trinajstić information content (AvgIpc) is 3.21. The average molecular weight is 329 g/mol. The molecular formula is C18H23N3OS. The van der Waals surface area contributed by atoms with E-state index in [0.717, 1.165) is 51.2 Å². The maximum Gasteiger partial charge on any atom is 0.0889 e. The van der Waals surface area contributed by atoms with Crippen molar-refractivity contribution in [2.75, 3.05) is 19.7 Å². The van der Waals surface area contributed by atoms with Gasteiger partial charge in [-0.1, -0.05) is 11.6 Å². The molecule has 0 amide bonds. The van der Waals surface area contributed by atoms with E-state index >= 15 is 0 Å². The Kier molecular flexibility index (Phi) is 4.09. The van der Waals surface area contributed by atoms with Crippen LogP contribution in [0.15, 0.2) is 36.0 Å². The molecule has 0 bridgehead atoms. The molecule has 0 saturated carbocycles. The summed E-state index contributed by atoms with van der Waals surface area (Å²) in [4.78, 5) is 5.23. The Morgan fingerprint density at radius 3 is 2.91 bits per heavy atom. The molecule has 5 heteroatoms. The molecule has 1 spiro atoms. The number of rotatable bonds is 3. The number of aromatic amines is 1. The lowest BCUT2D eigenvalue weighted by Gasteiger charge is -2.42. The molecule has 2 aromatic rings. The van der Waals surface area contributed by atoms with Crippen molar-refractivity contribution in [1.29, 1.82) is 0 Å². The first kappa shape index (κ1) is 15.1. The molecule has 1 saturated heterocycles. The Labute approximate surface area is 141 Å². The molecule has 23 heavy (non-hydrogen) atoms. The van der Waals surface area contributed by atoms with Gasteiger partial charge in [-0.2, -0.15) is 5.10 Å². The molecule has 0 aliphatic carbocycles. The van der Waals surface area contributed by atoms with E-state index in [0.29, 0.717) is 0 Å². The van der Waals surface area contributed by atoms with Crippen LogP contribution in [0, 0.1) is 0 Å². The third-order valence-electron chi connectivity index (χ3n) is 4.91. The van der Waals surface area contributed by atoms with Crippen molar-refractivity contribution in [1.82, 2.24) is 15.1 Å². The molecule has 0 unspecified atom stereocenters. The topological polar surface area (TPSA) is 41.2 Å². The lowest BCUT2D eigenvalue weighted by atomic mass is 9.87. The van der Waals surface area contributed by atoms with Crippen LogP contribution in [0.25, 0.3) is 10.6 Å². The minimum atomic E-state index is 0.0232. The molecule has 2 aliphatic heterocycles. The third kappa shape index (κ3) is 3.27. The van der Waals surface area contributed by atoms with Crippen molar-refractivity contribution >= 4 is 11.3 Å². The first-order chi connectivity index (χ1) is 11.2. The quantitative estimate of drug-likeness (QED) is 0.870. The van der Waals surface area contributed by atoms with Crippen molar-refractivity contribution < 1.29 is 4.74 Å². The van der Waals surface area contributed by atoms with Crippen molar-refractivity contribution in [2.45, 2.75) is 38.3 Å². The van der Waals surface area contributed by atoms with Gasteiger partial charge in [0, 0.05) is 30.7 Å². The highest BCUT2D eigenvalue weighted by Gasteiger charge is 2.35. The summed E-state index contributed by atoms with van der Waals surface area (Å²) in [6.45, 7) is 6.39. The SMILES string of the molecule is CC1=CC2(CCN(Cc3ccc(-c4ccn[nH]4)s3)CC2)OCC1. The van der Waals surface area contributed by atoms with Crippen LogP contribution in [-0.4, -0.2) is 40.4 Å². The van der Waals surface area contributed by atoms with Gasteiger partial charge >= 0.3 is 0 Å². The number of nitrogens with one attached hydrogen (secondary N) is 1. The summed E-state index contributed by atoms with van der Waals surface area (Å²) in [7, 11) is 0. The van der Waals surface area contributed by atoms with Gasteiger partial charge < -0.3 is 4.74 Å². The van der Waals surface area contributed by atoms with Gasteiger partial charge in [-0.3, -0.25) is 10.00 Å². The van der Waals surface area contributed by atoms with Crippen LogP contribution in [-0.2, 0) is 11.3 Å². The molecule has 1 fully saturated rings. The Balaban J connectivity index is 1.37. The highest BCUT2D eigenvalue weighted by atomic mass is 32.1. The number of hydrogen-bond acceptors (Lipinski definition) is 4. The zero-order valence-electron chi connectivity index (χ0n) is 13.5. The van der Waals surface area contributed by atoms with Crippen LogP contribution < -0.4 is 0 Å². The van der Waals surface area contributed by atoms with Gasteiger partial charge in [-0.05, 0) is 44.4 Å². The van der Waals surface area contributed by atoms with Crippen molar-refractivity contribution in [3.8, 4) is 10.6 Å². The van der Waals surface area contributed by atoms with Gasteiger partial charge in [0.2, 0.25) is 0 Å². The highest BCUT2D eigenvalue weighted by molar-refractivity contribution is 7.15. The van der Waals surface area contributed by atoms with Crippen LogP contribution >= 0.6 is 11.3 Å². The second-order valence-electron chi connectivity index (χ2n) is 6.67. The Morgan fingerprint density at radius 1 is 1.30 bits per heavy atom. The number of hydrogen-bond donors (Lipinski definition) is 1. The van der Waals surface area contributed by atoms with Gasteiger partial charge in [0.25, 0.3) is 0 Å². The van der Waals surface area contributed by atoms with E-state index in [9.17, 15) is 0 Å². The first-order valence-corrected chi connectivity index (χ1v) is 9.17. The van der Waals surface area contributed by atoms with E-state index in [-0.39, 0.29) is 5.60 Å². The number of piperidine rings is 1. The first-order valence-electron chi connectivity index (χ1n) is 8.36. The number of ether oxygens (including phenoxy) is 1. The van der Waals surface area contributed by atoms with E-state index in [2.05, 4.69) is 40.2 Å². The monoisotopic (exact) mass is 329 g/mol. The standard InChI is InChI=1S/C18H23N3OS/c1-14-5-11-22-18(12-14)6-9-21(10-7-18)13-15-2-3-17(23-15)16-4-8-19-20-16/h2-4,8,12H,5-7,9-11,13H2,1H3,(H,19,20). The molecular weight excluding hydrogens is 306 g/mol. The van der Waals surface area contributed by atoms with Crippen molar-refractivity contribution in [3.05, 3.63) is 40.9 Å². The van der Waals surface area contributed by atoms with Crippen LogP contribution in [0.2, 0.25) is 0 Å². The second-order valence-corrected chi connectivity index (χ2v) is 7.83. The Bertz CT molecular complexity index is 681. The van der Waals surface area contributed by atoms with E-state index in [1.165, 1.54) is 15.3 Å². The van der Waals surface area contributed by atoms with Crippen molar-refractivity contribution in [3.63, 3.8) is 0 Å². The van der Waals surface area contributed by atoms with E-state index in [4.69, 9.17) is 4.74 Å². The molecule has 4 nitrogen and oxygen atoms in total. The van der Waals surface area contributed by atoms with Crippen LogP contribution in [0.1, 0.15) is 31.1 Å². The Hall–Kier alpha value is -1.43. The fourth-order valence-corrected chi connectivity index (χ4v) is 4.60. The summed E-state index contributed by atoms with van der Waals surface area (Å²) in [5, 5.41) is 7.07. The summed E-state index contributed by atoms with van der Waals surface area (Å²) in [5.74, 6) is 0. The molecule has 2 aromatic heterocycles. The largest absolute Gasteiger partial charge is 0.370 e. The summed E-state index contributed by atoms with van der Waals surface area (Å²) >= 11 is 1.86. The summed E-state index contributed by atoms with van der Waals surface area (Å²) < 4.78 is 6.12. The predicted molar refractivity (Wildman–Crippen MR) is 93.5 cm³/mol. The smallest absolute Gasteiger partial charge is 0.0889 e. The van der Waals surface area contributed by atoms with Crippen molar-refractivity contribution in [2.24, 2.45) is 0 Å². The molecule has 4 rings (SSSR count). The zero-order valence-corrected chi connectivity index (χ0v) is 14.4. The fourth-order valence-electron chi connectivity index (χ4n) is 3.58. The molecule has 4 heterocycles. The van der Waals surface area contributed by atoms with Gasteiger partial charge in [-0.25, -0.2) is 0 Å². The molecule has 1 N–H and O–H groups in total. The lowest BCUT2D eigenvalue weighted by molar-refractivity contribution is -0.0575. The zero-order chi connectivity index (χ0) is 15.7. The summed E-state index contributed by atoms with van der Waals surface area (Å²) in [5.41, 5.74) is 2.62. The number of nitrogens with zero attached hydrogens (tertiary/aromatic N) is 2. The van der Waals surface area contributed by atoms with E-state index in [1.54, 1.807) is 6.20 Å². The molecule has 0 atom stereocenters. The Morgan fingerprint density at radius 2 is 2.17 bits per heavy atom. The highest BCUT2D eigenvalue weighted by Crippen LogP contribution is 2.34. The van der Waals surface area contributed by atoms with Gasteiger partial charge in [0.15, 0.2) is 0 Å². The van der Waals surface area contributed by atoms with Gasteiger partial charge in [0.1, 0.15) is 0 Å². The summed E-state index contributed by atoms with van der Waals surface area (Å²) in [6.07, 6.45) is 7.51. The maximum absolute atomic E-state index is 6.12. The summed E-state index contributed by atoms with van der Waals surface area (Å²) in [6, 6.07) is 6.46. The molecule has 0 aromatic carbocycles. The number of aromatic nitrogens is 2. The lowest BCUT2D eigenvalue weighted by Crippen LogP contribution is -2.46. The van der Waals surface area contributed by atoms with E-state index < -0.39 is 0 Å². The number of likely N-dealkylation sites (tertiary alicyclic amines) is 1. The van der Waals surface area contributed by atoms with E-state index in [1.807, 2.05) is 17.4 Å². The number of thiophene rings is 1. The van der Waals surface area contributed by atoms with Crippen LogP contribution in [0.3, 0.4) is 0 Å². The maximum atomic E-state index is 6.12. The second kappa shape index (κ2) is 6.23. The van der Waals surface area contributed by atoms with Crippen LogP contribution in [0.4, 0.5) is 0 Å². The molecule has 0 radical (unpaired) electrons. The fraction of sp³-hybridized carbons (Fsp3) is 0.500. The minimum absolute atomic E-state index is 0.0232. The van der Waals surface area contributed by atoms with Crippen LogP contribution in [0.5, 0.6) is 0 Å². The number of H-pyrrole nitrogens is 1. The molecule has 2 aliphatic rings. The predicted octanol–water partition coefficient (Wildman–Crippen LogP) is 3.84. The minimum Gasteiger partial charge on any atom is -0.370 e. The normalized spacial score (nSPS) is 21.5. The van der Waals surface area contributed by atoms with Gasteiger partial charge in [0.05, 0.1) is 22.8 Å². The van der Waals surface area contributed by atoms with Gasteiger partial charge in [-0.15, -0.1) is 11.3 Å².